The standard InChI is InChI=1S/C25H23Cl2N5O4/c1-25(2,33-3)36-20-9-16(35-24(20)32-7-6-18-22(27)30-13-31-23(18)32)12-34-15-4-5-17-19(8-15)29-11-14(10-28)21(17)26/h4-8,11,13,16,20,24H,9,12H2,1-3H3/t16-,20+,24+/m0/s1. The van der Waals surface area contributed by atoms with E-state index >= 15 is 0 Å². The summed E-state index contributed by atoms with van der Waals surface area (Å²) in [6, 6.07) is 9.27. The average Bonchev–Trinajstić information content (AvgIpc) is 3.47. The summed E-state index contributed by atoms with van der Waals surface area (Å²) < 4.78 is 26.1. The molecule has 0 saturated carbocycles. The largest absolute Gasteiger partial charge is 0.491 e. The maximum atomic E-state index is 9.16. The molecule has 1 saturated heterocycles. The molecule has 0 N–H and O–H groups in total. The second-order valence-corrected chi connectivity index (χ2v) is 9.59. The normalized spacial score (nSPS) is 20.2. The first-order chi connectivity index (χ1) is 17.3. The van der Waals surface area contributed by atoms with Gasteiger partial charge in [0.05, 0.1) is 27.6 Å². The zero-order chi connectivity index (χ0) is 25.4. The smallest absolute Gasteiger partial charge is 0.162 e. The molecule has 1 aliphatic rings. The van der Waals surface area contributed by atoms with Crippen LogP contribution in [0.15, 0.2) is 43.0 Å². The van der Waals surface area contributed by atoms with Crippen molar-refractivity contribution in [2.75, 3.05) is 13.7 Å². The van der Waals surface area contributed by atoms with Crippen LogP contribution in [-0.2, 0) is 14.2 Å². The highest BCUT2D eigenvalue weighted by Gasteiger charge is 2.41. The molecule has 0 bridgehead atoms. The minimum Gasteiger partial charge on any atom is -0.491 e. The number of hydrogen-bond donors (Lipinski definition) is 0. The summed E-state index contributed by atoms with van der Waals surface area (Å²) in [6.45, 7) is 3.99. The third kappa shape index (κ3) is 4.71. The lowest BCUT2D eigenvalue weighted by Gasteiger charge is -2.30. The van der Waals surface area contributed by atoms with E-state index in [0.29, 0.717) is 44.5 Å². The van der Waals surface area contributed by atoms with Crippen molar-refractivity contribution in [3.05, 3.63) is 58.7 Å². The molecule has 186 valence electrons. The highest BCUT2D eigenvalue weighted by Crippen LogP contribution is 2.37. The van der Waals surface area contributed by atoms with Crippen LogP contribution in [0.1, 0.15) is 32.1 Å². The molecule has 5 rings (SSSR count). The number of halogens is 2. The fourth-order valence-corrected chi connectivity index (χ4v) is 4.67. The van der Waals surface area contributed by atoms with E-state index in [0.717, 1.165) is 5.39 Å². The van der Waals surface area contributed by atoms with Crippen molar-refractivity contribution in [2.45, 2.75) is 44.5 Å². The maximum Gasteiger partial charge on any atom is 0.162 e. The number of nitriles is 1. The molecule has 4 heterocycles. The van der Waals surface area contributed by atoms with Gasteiger partial charge < -0.3 is 23.5 Å². The summed E-state index contributed by atoms with van der Waals surface area (Å²) in [6.07, 6.45) is 4.23. The van der Waals surface area contributed by atoms with Crippen LogP contribution in [0.2, 0.25) is 10.2 Å². The number of rotatable bonds is 7. The van der Waals surface area contributed by atoms with Crippen LogP contribution in [0.25, 0.3) is 21.9 Å². The molecule has 4 aromatic rings. The molecule has 11 heteroatoms. The molecule has 3 aromatic heterocycles. The van der Waals surface area contributed by atoms with Gasteiger partial charge in [0.2, 0.25) is 0 Å². The average molecular weight is 528 g/mol. The number of nitrogens with zero attached hydrogens (tertiary/aromatic N) is 5. The molecule has 1 fully saturated rings. The lowest BCUT2D eigenvalue weighted by atomic mass is 10.1. The van der Waals surface area contributed by atoms with Gasteiger partial charge in [-0.3, -0.25) is 4.98 Å². The minimum atomic E-state index is -0.816. The van der Waals surface area contributed by atoms with Crippen LogP contribution in [0, 0.1) is 11.3 Å². The van der Waals surface area contributed by atoms with Gasteiger partial charge >= 0.3 is 0 Å². The Morgan fingerprint density at radius 3 is 2.81 bits per heavy atom. The zero-order valence-corrected chi connectivity index (χ0v) is 21.3. The molecule has 0 aliphatic carbocycles. The molecule has 0 unspecified atom stereocenters. The van der Waals surface area contributed by atoms with E-state index in [2.05, 4.69) is 15.0 Å². The fourth-order valence-electron chi connectivity index (χ4n) is 4.23. The summed E-state index contributed by atoms with van der Waals surface area (Å²) >= 11 is 12.6. The molecule has 0 spiro atoms. The van der Waals surface area contributed by atoms with Gasteiger partial charge in [0, 0.05) is 37.4 Å². The molecule has 0 amide bonds. The van der Waals surface area contributed by atoms with E-state index < -0.39 is 12.0 Å². The van der Waals surface area contributed by atoms with Crippen LogP contribution in [0.5, 0.6) is 5.75 Å². The Bertz CT molecular complexity index is 1470. The highest BCUT2D eigenvalue weighted by molar-refractivity contribution is 6.36. The van der Waals surface area contributed by atoms with Gasteiger partial charge in [-0.25, -0.2) is 9.97 Å². The van der Waals surface area contributed by atoms with E-state index in [9.17, 15) is 0 Å². The van der Waals surface area contributed by atoms with Crippen LogP contribution >= 0.6 is 23.2 Å². The first-order valence-electron chi connectivity index (χ1n) is 11.3. The van der Waals surface area contributed by atoms with Crippen molar-refractivity contribution in [3.63, 3.8) is 0 Å². The zero-order valence-electron chi connectivity index (χ0n) is 19.8. The Morgan fingerprint density at radius 2 is 2.03 bits per heavy atom. The van der Waals surface area contributed by atoms with Crippen LogP contribution < -0.4 is 4.74 Å². The summed E-state index contributed by atoms with van der Waals surface area (Å²) in [5, 5.41) is 11.3. The third-order valence-corrected chi connectivity index (χ3v) is 6.85. The van der Waals surface area contributed by atoms with Gasteiger partial charge in [0.25, 0.3) is 0 Å². The van der Waals surface area contributed by atoms with Crippen molar-refractivity contribution >= 4 is 45.1 Å². The Labute approximate surface area is 217 Å². The van der Waals surface area contributed by atoms with Crippen molar-refractivity contribution in [3.8, 4) is 11.8 Å². The second-order valence-electron chi connectivity index (χ2n) is 8.86. The molecule has 9 nitrogen and oxygen atoms in total. The van der Waals surface area contributed by atoms with Gasteiger partial charge in [0.1, 0.15) is 41.7 Å². The van der Waals surface area contributed by atoms with Crippen molar-refractivity contribution < 1.29 is 18.9 Å². The quantitative estimate of drug-likeness (QED) is 0.235. The molecule has 1 aromatic carbocycles. The van der Waals surface area contributed by atoms with E-state index in [1.54, 1.807) is 25.3 Å². The Hall–Kier alpha value is -3.00. The Kier molecular flexibility index (Phi) is 6.72. The van der Waals surface area contributed by atoms with Crippen LogP contribution in [0.3, 0.4) is 0 Å². The summed E-state index contributed by atoms with van der Waals surface area (Å²) in [4.78, 5) is 12.8. The number of fused-ring (bicyclic) bond motifs is 2. The SMILES string of the molecule is COC(C)(C)O[C@@H]1C[C@@H](COc2ccc3c(Cl)c(C#N)cnc3c2)O[C@H]1n1ccc2c(Cl)ncnc21. The second kappa shape index (κ2) is 9.81. The predicted octanol–water partition coefficient (Wildman–Crippen LogP) is 5.29. The predicted molar refractivity (Wildman–Crippen MR) is 134 cm³/mol. The van der Waals surface area contributed by atoms with Crippen LogP contribution in [0.4, 0.5) is 0 Å². The van der Waals surface area contributed by atoms with Gasteiger partial charge in [-0.15, -0.1) is 0 Å². The molecule has 36 heavy (non-hydrogen) atoms. The topological polar surface area (TPSA) is 104 Å². The molecular weight excluding hydrogens is 505 g/mol. The lowest BCUT2D eigenvalue weighted by molar-refractivity contribution is -0.237. The number of benzene rings is 1. The first kappa shape index (κ1) is 24.7. The summed E-state index contributed by atoms with van der Waals surface area (Å²) in [5.41, 5.74) is 1.62. The molecular formula is C25H23Cl2N5O4. The van der Waals surface area contributed by atoms with Gasteiger partial charge in [0.15, 0.2) is 12.0 Å². The number of ether oxygens (including phenoxy) is 4. The third-order valence-electron chi connectivity index (χ3n) is 6.14. The lowest BCUT2D eigenvalue weighted by Crippen LogP contribution is -2.35. The Balaban J connectivity index is 1.37. The molecule has 3 atom stereocenters. The van der Waals surface area contributed by atoms with Crippen molar-refractivity contribution in [1.82, 2.24) is 19.5 Å². The summed E-state index contributed by atoms with van der Waals surface area (Å²) in [5.74, 6) is -0.202. The molecule has 0 radical (unpaired) electrons. The maximum absolute atomic E-state index is 9.16. The number of aromatic nitrogens is 4. The van der Waals surface area contributed by atoms with Gasteiger partial charge in [-0.2, -0.15) is 5.26 Å². The van der Waals surface area contributed by atoms with Crippen LogP contribution in [-0.4, -0.2) is 51.2 Å². The van der Waals surface area contributed by atoms with Crippen molar-refractivity contribution in [2.24, 2.45) is 0 Å². The van der Waals surface area contributed by atoms with E-state index in [1.807, 2.05) is 36.7 Å². The highest BCUT2D eigenvalue weighted by atomic mass is 35.5. The van der Waals surface area contributed by atoms with E-state index in [-0.39, 0.29) is 18.8 Å². The van der Waals surface area contributed by atoms with E-state index in [4.69, 9.17) is 47.4 Å². The number of hydrogen-bond acceptors (Lipinski definition) is 8. The van der Waals surface area contributed by atoms with E-state index in [1.165, 1.54) is 12.5 Å². The fraction of sp³-hybridized carbons (Fsp3) is 0.360. The minimum absolute atomic E-state index is 0.268. The number of pyridine rings is 1. The molecule has 1 aliphatic heterocycles. The monoisotopic (exact) mass is 527 g/mol. The number of methoxy groups -OCH3 is 1. The van der Waals surface area contributed by atoms with Gasteiger partial charge in [-0.1, -0.05) is 23.2 Å². The van der Waals surface area contributed by atoms with Crippen molar-refractivity contribution in [1.29, 1.82) is 5.26 Å². The summed E-state index contributed by atoms with van der Waals surface area (Å²) in [7, 11) is 1.60. The van der Waals surface area contributed by atoms with Gasteiger partial charge in [-0.05, 0) is 32.0 Å². The Morgan fingerprint density at radius 1 is 1.19 bits per heavy atom. The first-order valence-corrected chi connectivity index (χ1v) is 12.0.